The number of halogens is 1. The van der Waals surface area contributed by atoms with E-state index in [4.69, 9.17) is 21.1 Å². The van der Waals surface area contributed by atoms with Gasteiger partial charge in [-0.05, 0) is 48.5 Å². The number of carbonyl (C=O) groups is 1. The summed E-state index contributed by atoms with van der Waals surface area (Å²) in [6.07, 6.45) is 1.64. The molecular weight excluding hydrogens is 366 g/mol. The highest BCUT2D eigenvalue weighted by Gasteiger charge is 2.11. The van der Waals surface area contributed by atoms with E-state index in [1.807, 2.05) is 18.2 Å². The van der Waals surface area contributed by atoms with Crippen LogP contribution in [0, 0.1) is 0 Å². The minimum absolute atomic E-state index is 0.307. The SMILES string of the molecule is COc1cc(OC)cc(C(=O)Nc2ccc(Nc3ccc(Cl)cc3)cn2)c1. The minimum atomic E-state index is -0.307. The third-order valence-corrected chi connectivity index (χ3v) is 4.00. The molecule has 0 atom stereocenters. The second-order valence-electron chi connectivity index (χ2n) is 5.62. The number of ether oxygens (including phenoxy) is 2. The van der Waals surface area contributed by atoms with Crippen molar-refractivity contribution >= 4 is 34.7 Å². The van der Waals surface area contributed by atoms with Crippen molar-refractivity contribution in [1.82, 2.24) is 4.98 Å². The summed E-state index contributed by atoms with van der Waals surface area (Å²) in [6.45, 7) is 0. The van der Waals surface area contributed by atoms with Gasteiger partial charge in [0.1, 0.15) is 17.3 Å². The Morgan fingerprint density at radius 3 is 2.11 bits per heavy atom. The summed E-state index contributed by atoms with van der Waals surface area (Å²) in [7, 11) is 3.06. The molecule has 0 bridgehead atoms. The van der Waals surface area contributed by atoms with Crippen molar-refractivity contribution in [2.24, 2.45) is 0 Å². The predicted octanol–water partition coefficient (Wildman–Crippen LogP) is 4.75. The summed E-state index contributed by atoms with van der Waals surface area (Å²) < 4.78 is 10.4. The molecule has 1 heterocycles. The van der Waals surface area contributed by atoms with Crippen molar-refractivity contribution in [2.45, 2.75) is 0 Å². The van der Waals surface area contributed by atoms with Crippen molar-refractivity contribution < 1.29 is 14.3 Å². The van der Waals surface area contributed by atoms with Crippen molar-refractivity contribution in [2.75, 3.05) is 24.9 Å². The van der Waals surface area contributed by atoms with E-state index in [9.17, 15) is 4.79 Å². The fraction of sp³-hybridized carbons (Fsp3) is 0.100. The number of nitrogens with zero attached hydrogens (tertiary/aromatic N) is 1. The van der Waals surface area contributed by atoms with Gasteiger partial charge in [-0.1, -0.05) is 11.6 Å². The Morgan fingerprint density at radius 1 is 0.926 bits per heavy atom. The van der Waals surface area contributed by atoms with Crippen LogP contribution < -0.4 is 20.1 Å². The largest absolute Gasteiger partial charge is 0.497 e. The molecule has 0 spiro atoms. The number of hydrogen-bond donors (Lipinski definition) is 2. The normalized spacial score (nSPS) is 10.2. The zero-order valence-corrected chi connectivity index (χ0v) is 15.6. The number of carbonyl (C=O) groups excluding carboxylic acids is 1. The van der Waals surface area contributed by atoms with E-state index in [-0.39, 0.29) is 5.91 Å². The zero-order chi connectivity index (χ0) is 19.2. The van der Waals surface area contributed by atoms with E-state index in [1.54, 1.807) is 42.6 Å². The van der Waals surface area contributed by atoms with Gasteiger partial charge in [0, 0.05) is 22.3 Å². The smallest absolute Gasteiger partial charge is 0.257 e. The number of rotatable bonds is 6. The van der Waals surface area contributed by atoms with Gasteiger partial charge in [0.15, 0.2) is 0 Å². The molecule has 0 aliphatic heterocycles. The number of methoxy groups -OCH3 is 2. The minimum Gasteiger partial charge on any atom is -0.497 e. The molecule has 3 rings (SSSR count). The first-order valence-electron chi connectivity index (χ1n) is 8.10. The number of benzene rings is 2. The van der Waals surface area contributed by atoms with Gasteiger partial charge in [-0.25, -0.2) is 4.98 Å². The molecule has 0 radical (unpaired) electrons. The van der Waals surface area contributed by atoms with E-state index in [0.29, 0.717) is 27.9 Å². The third kappa shape index (κ3) is 4.89. The number of amides is 1. The highest BCUT2D eigenvalue weighted by atomic mass is 35.5. The van der Waals surface area contributed by atoms with Crippen LogP contribution >= 0.6 is 11.6 Å². The molecule has 138 valence electrons. The lowest BCUT2D eigenvalue weighted by Gasteiger charge is -2.10. The Morgan fingerprint density at radius 2 is 1.56 bits per heavy atom. The topological polar surface area (TPSA) is 72.5 Å². The molecule has 0 unspecified atom stereocenters. The number of hydrogen-bond acceptors (Lipinski definition) is 5. The lowest BCUT2D eigenvalue weighted by Crippen LogP contribution is -2.13. The quantitative estimate of drug-likeness (QED) is 0.642. The van der Waals surface area contributed by atoms with Gasteiger partial charge in [-0.2, -0.15) is 0 Å². The Balaban J connectivity index is 1.69. The predicted molar refractivity (Wildman–Crippen MR) is 106 cm³/mol. The van der Waals surface area contributed by atoms with Crippen LogP contribution in [0.5, 0.6) is 11.5 Å². The third-order valence-electron chi connectivity index (χ3n) is 3.75. The molecule has 3 aromatic rings. The first kappa shape index (κ1) is 18.5. The molecule has 0 aliphatic carbocycles. The van der Waals surface area contributed by atoms with Crippen LogP contribution in [0.2, 0.25) is 5.02 Å². The second kappa shape index (κ2) is 8.42. The van der Waals surface area contributed by atoms with Crippen LogP contribution in [0.15, 0.2) is 60.8 Å². The van der Waals surface area contributed by atoms with Gasteiger partial charge in [-0.3, -0.25) is 4.79 Å². The summed E-state index contributed by atoms with van der Waals surface area (Å²) in [5, 5.41) is 6.63. The number of anilines is 3. The monoisotopic (exact) mass is 383 g/mol. The molecule has 1 amide bonds. The maximum absolute atomic E-state index is 12.5. The van der Waals surface area contributed by atoms with Gasteiger partial charge in [-0.15, -0.1) is 0 Å². The summed E-state index contributed by atoms with van der Waals surface area (Å²) in [5.41, 5.74) is 2.09. The highest BCUT2D eigenvalue weighted by molar-refractivity contribution is 6.30. The Kier molecular flexibility index (Phi) is 5.78. The molecule has 0 aliphatic rings. The highest BCUT2D eigenvalue weighted by Crippen LogP contribution is 2.23. The van der Waals surface area contributed by atoms with Crippen LogP contribution in [-0.2, 0) is 0 Å². The summed E-state index contributed by atoms with van der Waals surface area (Å²) in [6, 6.07) is 15.8. The van der Waals surface area contributed by atoms with Crippen LogP contribution in [0.25, 0.3) is 0 Å². The van der Waals surface area contributed by atoms with Crippen molar-refractivity contribution in [3.05, 3.63) is 71.4 Å². The van der Waals surface area contributed by atoms with Crippen molar-refractivity contribution in [3.8, 4) is 11.5 Å². The molecule has 2 N–H and O–H groups in total. The molecule has 27 heavy (non-hydrogen) atoms. The molecule has 2 aromatic carbocycles. The Hall–Kier alpha value is -3.25. The molecule has 6 nitrogen and oxygen atoms in total. The Labute approximate surface area is 162 Å². The maximum atomic E-state index is 12.5. The van der Waals surface area contributed by atoms with Gasteiger partial charge >= 0.3 is 0 Å². The van der Waals surface area contributed by atoms with E-state index in [2.05, 4.69) is 15.6 Å². The summed E-state index contributed by atoms with van der Waals surface area (Å²) in [4.78, 5) is 16.7. The first-order chi connectivity index (χ1) is 13.1. The van der Waals surface area contributed by atoms with E-state index >= 15 is 0 Å². The van der Waals surface area contributed by atoms with E-state index < -0.39 is 0 Å². The molecule has 7 heteroatoms. The van der Waals surface area contributed by atoms with Gasteiger partial charge in [0.25, 0.3) is 5.91 Å². The average molecular weight is 384 g/mol. The van der Waals surface area contributed by atoms with E-state index in [0.717, 1.165) is 11.4 Å². The lowest BCUT2D eigenvalue weighted by atomic mass is 10.2. The second-order valence-corrected chi connectivity index (χ2v) is 6.06. The molecular formula is C20H18ClN3O3. The molecule has 0 fully saturated rings. The maximum Gasteiger partial charge on any atom is 0.257 e. The van der Waals surface area contributed by atoms with Gasteiger partial charge < -0.3 is 20.1 Å². The van der Waals surface area contributed by atoms with Crippen molar-refractivity contribution in [1.29, 1.82) is 0 Å². The summed E-state index contributed by atoms with van der Waals surface area (Å²) >= 11 is 5.88. The van der Waals surface area contributed by atoms with Crippen LogP contribution in [0.3, 0.4) is 0 Å². The number of nitrogens with one attached hydrogen (secondary N) is 2. The lowest BCUT2D eigenvalue weighted by molar-refractivity contribution is 0.102. The molecule has 0 saturated heterocycles. The van der Waals surface area contributed by atoms with Crippen LogP contribution in [0.4, 0.5) is 17.2 Å². The number of aromatic nitrogens is 1. The zero-order valence-electron chi connectivity index (χ0n) is 14.8. The fourth-order valence-corrected chi connectivity index (χ4v) is 2.49. The van der Waals surface area contributed by atoms with Gasteiger partial charge in [0.05, 0.1) is 26.1 Å². The Bertz CT molecular complexity index is 906. The first-order valence-corrected chi connectivity index (χ1v) is 8.48. The summed E-state index contributed by atoms with van der Waals surface area (Å²) in [5.74, 6) is 1.20. The number of pyridine rings is 1. The average Bonchev–Trinajstić information content (AvgIpc) is 2.70. The molecule has 1 aromatic heterocycles. The van der Waals surface area contributed by atoms with Crippen LogP contribution in [0.1, 0.15) is 10.4 Å². The van der Waals surface area contributed by atoms with E-state index in [1.165, 1.54) is 14.2 Å². The molecule has 0 saturated carbocycles. The van der Waals surface area contributed by atoms with Crippen molar-refractivity contribution in [3.63, 3.8) is 0 Å². The van der Waals surface area contributed by atoms with Crippen LogP contribution in [-0.4, -0.2) is 25.1 Å². The standard InChI is InChI=1S/C20H18ClN3O3/c1-26-17-9-13(10-18(11-17)27-2)20(25)24-19-8-7-16(12-22-19)23-15-5-3-14(21)4-6-15/h3-12,23H,1-2H3,(H,22,24,25). The fourth-order valence-electron chi connectivity index (χ4n) is 2.37. The van der Waals surface area contributed by atoms with Gasteiger partial charge in [0.2, 0.25) is 0 Å².